The molecule has 0 radical (unpaired) electrons. The molecule has 1 saturated heterocycles. The van der Waals surface area contributed by atoms with Gasteiger partial charge in [-0.25, -0.2) is 9.67 Å². The maximum absolute atomic E-state index is 9.66. The van der Waals surface area contributed by atoms with Crippen molar-refractivity contribution >= 4 is 0 Å². The quantitative estimate of drug-likeness (QED) is 0.879. The van der Waals surface area contributed by atoms with E-state index in [1.165, 1.54) is 19.5 Å². The van der Waals surface area contributed by atoms with E-state index in [1.807, 2.05) is 4.68 Å². The molecular weight excluding hydrogens is 240 g/mol. The number of hydrogen-bond donors (Lipinski definition) is 1. The van der Waals surface area contributed by atoms with Crippen LogP contribution in [0.25, 0.3) is 0 Å². The molecule has 1 fully saturated rings. The molecule has 5 heteroatoms. The Morgan fingerprint density at radius 1 is 1.32 bits per heavy atom. The minimum Gasteiger partial charge on any atom is -0.393 e. The largest absolute Gasteiger partial charge is 0.393 e. The standard InChI is InChI=1S/C14H24N4O/c1-10(2)17-5-3-11(9-17)7-13-15-14-8-12(19)4-6-18(14)16-13/h10-12,19H,3-9H2,1-2H3. The highest BCUT2D eigenvalue weighted by molar-refractivity contribution is 4.99. The first-order valence-electron chi connectivity index (χ1n) is 7.46. The van der Waals surface area contributed by atoms with Crippen LogP contribution >= 0.6 is 0 Å². The molecule has 3 heterocycles. The van der Waals surface area contributed by atoms with Gasteiger partial charge >= 0.3 is 0 Å². The summed E-state index contributed by atoms with van der Waals surface area (Å²) in [7, 11) is 0. The van der Waals surface area contributed by atoms with Crippen molar-refractivity contribution in [1.29, 1.82) is 0 Å². The molecule has 0 aliphatic carbocycles. The third-order valence-corrected chi connectivity index (χ3v) is 4.40. The molecule has 3 rings (SSSR count). The predicted octanol–water partition coefficient (Wildman–Crippen LogP) is 0.858. The minimum atomic E-state index is -0.229. The molecule has 19 heavy (non-hydrogen) atoms. The fourth-order valence-corrected chi connectivity index (χ4v) is 3.18. The van der Waals surface area contributed by atoms with E-state index in [1.54, 1.807) is 0 Å². The van der Waals surface area contributed by atoms with Crippen molar-refractivity contribution in [2.45, 2.75) is 58.2 Å². The second-order valence-electron chi connectivity index (χ2n) is 6.26. The Bertz CT molecular complexity index is 443. The average Bonchev–Trinajstić information content (AvgIpc) is 2.95. The number of rotatable bonds is 3. The van der Waals surface area contributed by atoms with Crippen molar-refractivity contribution in [2.24, 2.45) is 5.92 Å². The van der Waals surface area contributed by atoms with Gasteiger partial charge in [0.2, 0.25) is 0 Å². The molecule has 2 aliphatic heterocycles. The molecule has 0 saturated carbocycles. The minimum absolute atomic E-state index is 0.229. The van der Waals surface area contributed by atoms with Crippen LogP contribution in [0.3, 0.4) is 0 Å². The van der Waals surface area contributed by atoms with E-state index < -0.39 is 0 Å². The molecule has 1 aromatic heterocycles. The van der Waals surface area contributed by atoms with Gasteiger partial charge in [-0.15, -0.1) is 0 Å². The fourth-order valence-electron chi connectivity index (χ4n) is 3.18. The normalized spacial score (nSPS) is 28.0. The van der Waals surface area contributed by atoms with E-state index in [2.05, 4.69) is 28.8 Å². The first-order valence-corrected chi connectivity index (χ1v) is 7.46. The van der Waals surface area contributed by atoms with Crippen molar-refractivity contribution in [3.05, 3.63) is 11.6 Å². The fraction of sp³-hybridized carbons (Fsp3) is 0.857. The topological polar surface area (TPSA) is 54.2 Å². The summed E-state index contributed by atoms with van der Waals surface area (Å²) in [5.41, 5.74) is 0. The highest BCUT2D eigenvalue weighted by Gasteiger charge is 2.26. The predicted molar refractivity (Wildman–Crippen MR) is 72.9 cm³/mol. The van der Waals surface area contributed by atoms with Crippen molar-refractivity contribution in [1.82, 2.24) is 19.7 Å². The maximum atomic E-state index is 9.66. The third-order valence-electron chi connectivity index (χ3n) is 4.40. The van der Waals surface area contributed by atoms with Crippen LogP contribution in [0.1, 0.15) is 38.3 Å². The van der Waals surface area contributed by atoms with Gasteiger partial charge in [-0.1, -0.05) is 0 Å². The zero-order valence-electron chi connectivity index (χ0n) is 11.9. The Morgan fingerprint density at radius 2 is 2.16 bits per heavy atom. The maximum Gasteiger partial charge on any atom is 0.151 e. The van der Waals surface area contributed by atoms with Crippen LogP contribution in [0, 0.1) is 5.92 Å². The smallest absolute Gasteiger partial charge is 0.151 e. The van der Waals surface area contributed by atoms with E-state index in [0.29, 0.717) is 18.4 Å². The monoisotopic (exact) mass is 264 g/mol. The lowest BCUT2D eigenvalue weighted by Gasteiger charge is -2.19. The number of fused-ring (bicyclic) bond motifs is 1. The van der Waals surface area contributed by atoms with Gasteiger partial charge in [-0.2, -0.15) is 5.10 Å². The first-order chi connectivity index (χ1) is 9.11. The van der Waals surface area contributed by atoms with Crippen molar-refractivity contribution in [3.8, 4) is 0 Å². The van der Waals surface area contributed by atoms with Crippen molar-refractivity contribution in [2.75, 3.05) is 13.1 Å². The van der Waals surface area contributed by atoms with E-state index in [0.717, 1.165) is 31.0 Å². The number of aliphatic hydroxyl groups is 1. The second kappa shape index (κ2) is 5.21. The number of aliphatic hydroxyl groups excluding tert-OH is 1. The lowest BCUT2D eigenvalue weighted by molar-refractivity contribution is 0.138. The van der Waals surface area contributed by atoms with E-state index in [4.69, 9.17) is 0 Å². The molecule has 2 atom stereocenters. The average molecular weight is 264 g/mol. The highest BCUT2D eigenvalue weighted by Crippen LogP contribution is 2.22. The first kappa shape index (κ1) is 13.1. The second-order valence-corrected chi connectivity index (χ2v) is 6.26. The molecule has 0 spiro atoms. The van der Waals surface area contributed by atoms with E-state index in [-0.39, 0.29) is 6.10 Å². The Kier molecular flexibility index (Phi) is 3.58. The van der Waals surface area contributed by atoms with Gasteiger partial charge in [0.1, 0.15) is 5.82 Å². The number of likely N-dealkylation sites (tertiary alicyclic amines) is 1. The molecule has 1 aromatic rings. The van der Waals surface area contributed by atoms with Crippen molar-refractivity contribution in [3.63, 3.8) is 0 Å². The number of aryl methyl sites for hydroxylation is 1. The van der Waals surface area contributed by atoms with Gasteiger partial charge in [0.05, 0.1) is 6.10 Å². The van der Waals surface area contributed by atoms with Gasteiger partial charge in [0.15, 0.2) is 5.82 Å². The Morgan fingerprint density at radius 3 is 2.89 bits per heavy atom. The molecule has 2 unspecified atom stereocenters. The summed E-state index contributed by atoms with van der Waals surface area (Å²) in [6, 6.07) is 0.642. The van der Waals surface area contributed by atoms with Crippen LogP contribution in [-0.4, -0.2) is 50.0 Å². The van der Waals surface area contributed by atoms with Gasteiger partial charge in [-0.3, -0.25) is 0 Å². The molecule has 0 amide bonds. The number of nitrogens with zero attached hydrogens (tertiary/aromatic N) is 4. The molecule has 2 aliphatic rings. The SMILES string of the molecule is CC(C)N1CCC(Cc2nc3n(n2)CCC(O)C3)C1. The summed E-state index contributed by atoms with van der Waals surface area (Å²) in [4.78, 5) is 7.14. The van der Waals surface area contributed by atoms with E-state index in [9.17, 15) is 5.11 Å². The number of hydrogen-bond acceptors (Lipinski definition) is 4. The zero-order chi connectivity index (χ0) is 13.4. The lowest BCUT2D eigenvalue weighted by atomic mass is 10.0. The van der Waals surface area contributed by atoms with Crippen LogP contribution in [0.15, 0.2) is 0 Å². The van der Waals surface area contributed by atoms with Gasteiger partial charge in [0, 0.05) is 32.0 Å². The van der Waals surface area contributed by atoms with Crippen LogP contribution < -0.4 is 0 Å². The third kappa shape index (κ3) is 2.82. The van der Waals surface area contributed by atoms with Gasteiger partial charge in [0.25, 0.3) is 0 Å². The zero-order valence-corrected chi connectivity index (χ0v) is 11.9. The highest BCUT2D eigenvalue weighted by atomic mass is 16.3. The Hall–Kier alpha value is -0.940. The van der Waals surface area contributed by atoms with Crippen LogP contribution in [0.2, 0.25) is 0 Å². The molecule has 106 valence electrons. The summed E-state index contributed by atoms with van der Waals surface area (Å²) in [5.74, 6) is 2.63. The molecular formula is C14H24N4O. The molecule has 0 bridgehead atoms. The lowest BCUT2D eigenvalue weighted by Crippen LogP contribution is -2.28. The van der Waals surface area contributed by atoms with Crippen LogP contribution in [0.5, 0.6) is 0 Å². The summed E-state index contributed by atoms with van der Waals surface area (Å²) in [6.45, 7) is 7.71. The summed E-state index contributed by atoms with van der Waals surface area (Å²) < 4.78 is 1.98. The van der Waals surface area contributed by atoms with Crippen LogP contribution in [-0.2, 0) is 19.4 Å². The van der Waals surface area contributed by atoms with Crippen LogP contribution in [0.4, 0.5) is 0 Å². The van der Waals surface area contributed by atoms with Crippen molar-refractivity contribution < 1.29 is 5.11 Å². The molecule has 0 aromatic carbocycles. The molecule has 1 N–H and O–H groups in total. The van der Waals surface area contributed by atoms with Gasteiger partial charge in [-0.05, 0) is 39.2 Å². The van der Waals surface area contributed by atoms with Gasteiger partial charge < -0.3 is 10.0 Å². The Balaban J connectivity index is 1.62. The molecule has 5 nitrogen and oxygen atoms in total. The van der Waals surface area contributed by atoms with E-state index >= 15 is 0 Å². The summed E-state index contributed by atoms with van der Waals surface area (Å²) in [5, 5.41) is 14.3. The number of aromatic nitrogens is 3. The Labute approximate surface area is 114 Å². The summed E-state index contributed by atoms with van der Waals surface area (Å²) in [6.07, 6.45) is 3.48. The summed E-state index contributed by atoms with van der Waals surface area (Å²) >= 11 is 0.